The molecule has 0 aromatic heterocycles. The Labute approximate surface area is 149 Å². The smallest absolute Gasteiger partial charge is 0.257 e. The van der Waals surface area contributed by atoms with Crippen molar-refractivity contribution in [3.8, 4) is 11.5 Å². The summed E-state index contributed by atoms with van der Waals surface area (Å²) in [7, 11) is 1.72. The van der Waals surface area contributed by atoms with Crippen LogP contribution in [0.5, 0.6) is 11.5 Å². The normalized spacial score (nSPS) is 11.0. The Balaban J connectivity index is 2.30. The van der Waals surface area contributed by atoms with Gasteiger partial charge < -0.3 is 15.1 Å². The maximum atomic E-state index is 12.8. The number of phenols is 2. The summed E-state index contributed by atoms with van der Waals surface area (Å²) in [6, 6.07) is 9.13. The van der Waals surface area contributed by atoms with Crippen LogP contribution in [0.1, 0.15) is 59.3 Å². The topological polar surface area (TPSA) is 60.8 Å². The van der Waals surface area contributed by atoms with Crippen LogP contribution in [0, 0.1) is 6.92 Å². The average molecular weight is 341 g/mol. The molecule has 0 fully saturated rings. The van der Waals surface area contributed by atoms with Gasteiger partial charge in [-0.3, -0.25) is 4.79 Å². The molecule has 0 aliphatic rings. The Hall–Kier alpha value is -2.49. The van der Waals surface area contributed by atoms with Crippen molar-refractivity contribution < 1.29 is 15.0 Å². The SMILES string of the molecule is CCc1ccc(C)c(CN(C)C(=O)c2cc(C(C)C)c(O)cc2O)c1. The fourth-order valence-corrected chi connectivity index (χ4v) is 2.88. The van der Waals surface area contributed by atoms with E-state index in [0.717, 1.165) is 17.5 Å². The highest BCUT2D eigenvalue weighted by molar-refractivity contribution is 5.97. The number of hydrogen-bond acceptors (Lipinski definition) is 3. The van der Waals surface area contributed by atoms with Crippen molar-refractivity contribution in [1.29, 1.82) is 0 Å². The molecule has 2 N–H and O–H groups in total. The Morgan fingerprint density at radius 2 is 1.80 bits per heavy atom. The van der Waals surface area contributed by atoms with Crippen molar-refractivity contribution in [3.05, 3.63) is 58.1 Å². The minimum atomic E-state index is -0.263. The number of phenolic OH excluding ortho intramolecular Hbond substituents is 2. The first-order chi connectivity index (χ1) is 11.7. The largest absolute Gasteiger partial charge is 0.508 e. The maximum Gasteiger partial charge on any atom is 0.257 e. The zero-order valence-corrected chi connectivity index (χ0v) is 15.6. The maximum absolute atomic E-state index is 12.8. The second kappa shape index (κ2) is 7.60. The standard InChI is InChI=1S/C21H27NO3/c1-6-15-8-7-14(4)16(9-15)12-22(5)21(25)18-10-17(13(2)3)19(23)11-20(18)24/h7-11,13,23-24H,6,12H2,1-5H3. The summed E-state index contributed by atoms with van der Waals surface area (Å²) < 4.78 is 0. The molecule has 0 saturated heterocycles. The fraction of sp³-hybridized carbons (Fsp3) is 0.381. The third-order valence-electron chi connectivity index (χ3n) is 4.57. The van der Waals surface area contributed by atoms with Gasteiger partial charge in [0.15, 0.2) is 0 Å². The van der Waals surface area contributed by atoms with E-state index in [4.69, 9.17) is 0 Å². The van der Waals surface area contributed by atoms with Gasteiger partial charge in [-0.2, -0.15) is 0 Å². The zero-order valence-electron chi connectivity index (χ0n) is 15.6. The first-order valence-electron chi connectivity index (χ1n) is 8.64. The van der Waals surface area contributed by atoms with Crippen molar-refractivity contribution in [2.75, 3.05) is 7.05 Å². The Kier molecular flexibility index (Phi) is 5.73. The Morgan fingerprint density at radius 1 is 1.12 bits per heavy atom. The minimum absolute atomic E-state index is 0.0122. The van der Waals surface area contributed by atoms with E-state index in [1.165, 1.54) is 11.6 Å². The highest BCUT2D eigenvalue weighted by Crippen LogP contribution is 2.33. The van der Waals surface area contributed by atoms with E-state index >= 15 is 0 Å². The number of carbonyl (C=O) groups is 1. The molecule has 0 aliphatic carbocycles. The highest BCUT2D eigenvalue weighted by Gasteiger charge is 2.20. The number of aromatic hydroxyl groups is 2. The lowest BCUT2D eigenvalue weighted by molar-refractivity contribution is 0.0781. The van der Waals surface area contributed by atoms with E-state index in [1.807, 2.05) is 20.8 Å². The highest BCUT2D eigenvalue weighted by atomic mass is 16.3. The molecule has 2 aromatic carbocycles. The van der Waals surface area contributed by atoms with Crippen LogP contribution in [-0.4, -0.2) is 28.1 Å². The van der Waals surface area contributed by atoms with Crippen molar-refractivity contribution >= 4 is 5.91 Å². The quantitative estimate of drug-likeness (QED) is 0.849. The molecule has 0 saturated carbocycles. The zero-order chi connectivity index (χ0) is 18.7. The third kappa shape index (κ3) is 4.13. The Bertz CT molecular complexity index is 781. The molecular weight excluding hydrogens is 314 g/mol. The molecule has 0 aliphatic heterocycles. The van der Waals surface area contributed by atoms with Gasteiger partial charge in [0.2, 0.25) is 0 Å². The second-order valence-electron chi connectivity index (χ2n) is 6.86. The van der Waals surface area contributed by atoms with Crippen LogP contribution >= 0.6 is 0 Å². The summed E-state index contributed by atoms with van der Waals surface area (Å²) in [5.74, 6) is -0.391. The van der Waals surface area contributed by atoms with Crippen LogP contribution in [0.2, 0.25) is 0 Å². The second-order valence-corrected chi connectivity index (χ2v) is 6.86. The number of rotatable bonds is 5. The van der Waals surface area contributed by atoms with Crippen LogP contribution in [0.4, 0.5) is 0 Å². The summed E-state index contributed by atoms with van der Waals surface area (Å²) in [6.07, 6.45) is 0.946. The molecule has 0 spiro atoms. The molecule has 2 rings (SSSR count). The van der Waals surface area contributed by atoms with Gasteiger partial charge in [-0.25, -0.2) is 0 Å². The number of hydrogen-bond donors (Lipinski definition) is 2. The van der Waals surface area contributed by atoms with Crippen molar-refractivity contribution in [2.45, 2.75) is 46.6 Å². The van der Waals surface area contributed by atoms with E-state index in [1.54, 1.807) is 18.0 Å². The monoisotopic (exact) mass is 341 g/mol. The summed E-state index contributed by atoms with van der Waals surface area (Å²) in [5.41, 5.74) is 4.33. The van der Waals surface area contributed by atoms with Gasteiger partial charge in [0.25, 0.3) is 5.91 Å². The lowest BCUT2D eigenvalue weighted by Crippen LogP contribution is -2.26. The van der Waals surface area contributed by atoms with Gasteiger partial charge in [-0.15, -0.1) is 0 Å². The minimum Gasteiger partial charge on any atom is -0.508 e. The van der Waals surface area contributed by atoms with E-state index < -0.39 is 0 Å². The van der Waals surface area contributed by atoms with E-state index in [0.29, 0.717) is 12.1 Å². The predicted molar refractivity (Wildman–Crippen MR) is 100 cm³/mol. The summed E-state index contributed by atoms with van der Waals surface area (Å²) in [4.78, 5) is 14.4. The molecule has 1 amide bonds. The third-order valence-corrected chi connectivity index (χ3v) is 4.57. The van der Waals surface area contributed by atoms with Gasteiger partial charge in [0.05, 0.1) is 5.56 Å². The first kappa shape index (κ1) is 18.8. The summed E-state index contributed by atoms with van der Waals surface area (Å²) >= 11 is 0. The molecule has 0 radical (unpaired) electrons. The predicted octanol–water partition coefficient (Wildman–Crippen LogP) is 4.36. The summed E-state index contributed by atoms with van der Waals surface area (Å²) in [6.45, 7) is 8.47. The van der Waals surface area contributed by atoms with Crippen molar-refractivity contribution in [2.24, 2.45) is 0 Å². The van der Waals surface area contributed by atoms with Crippen molar-refractivity contribution in [1.82, 2.24) is 4.90 Å². The lowest BCUT2D eigenvalue weighted by atomic mass is 9.98. The number of amides is 1. The number of benzene rings is 2. The van der Waals surface area contributed by atoms with Gasteiger partial charge in [-0.05, 0) is 47.6 Å². The lowest BCUT2D eigenvalue weighted by Gasteiger charge is -2.21. The van der Waals surface area contributed by atoms with Gasteiger partial charge in [0, 0.05) is 19.7 Å². The number of carbonyl (C=O) groups excluding carboxylic acids is 1. The van der Waals surface area contributed by atoms with E-state index in [9.17, 15) is 15.0 Å². The molecule has 4 heteroatoms. The number of nitrogens with zero attached hydrogens (tertiary/aromatic N) is 1. The molecule has 2 aromatic rings. The van der Waals surface area contributed by atoms with Crippen LogP contribution in [-0.2, 0) is 13.0 Å². The molecule has 0 atom stereocenters. The first-order valence-corrected chi connectivity index (χ1v) is 8.64. The fourth-order valence-electron chi connectivity index (χ4n) is 2.88. The average Bonchev–Trinajstić information content (AvgIpc) is 2.55. The van der Waals surface area contributed by atoms with Crippen LogP contribution < -0.4 is 0 Å². The number of aryl methyl sites for hydroxylation is 2. The molecule has 0 bridgehead atoms. The molecule has 134 valence electrons. The molecule has 0 unspecified atom stereocenters. The molecule has 25 heavy (non-hydrogen) atoms. The van der Waals surface area contributed by atoms with Gasteiger partial charge in [0.1, 0.15) is 11.5 Å². The van der Waals surface area contributed by atoms with E-state index in [2.05, 4.69) is 25.1 Å². The summed E-state index contributed by atoms with van der Waals surface area (Å²) in [5, 5.41) is 20.1. The van der Waals surface area contributed by atoms with Crippen LogP contribution in [0.25, 0.3) is 0 Å². The molecule has 0 heterocycles. The van der Waals surface area contributed by atoms with Gasteiger partial charge in [-0.1, -0.05) is 39.0 Å². The molecule has 4 nitrogen and oxygen atoms in total. The molecular formula is C21H27NO3. The van der Waals surface area contributed by atoms with E-state index in [-0.39, 0.29) is 28.9 Å². The van der Waals surface area contributed by atoms with Gasteiger partial charge >= 0.3 is 0 Å². The Morgan fingerprint density at radius 3 is 2.40 bits per heavy atom. The van der Waals surface area contributed by atoms with Crippen LogP contribution in [0.3, 0.4) is 0 Å². The van der Waals surface area contributed by atoms with Crippen molar-refractivity contribution in [3.63, 3.8) is 0 Å². The van der Waals surface area contributed by atoms with Crippen LogP contribution in [0.15, 0.2) is 30.3 Å².